The first-order valence-corrected chi connectivity index (χ1v) is 6.40. The van der Waals surface area contributed by atoms with E-state index in [2.05, 4.69) is 27.7 Å². The highest BCUT2D eigenvalue weighted by Crippen LogP contribution is 2.10. The maximum absolute atomic E-state index is 11.9. The van der Waals surface area contributed by atoms with Crippen molar-refractivity contribution in [1.82, 2.24) is 20.7 Å². The molecule has 0 unspecified atom stereocenters. The molecule has 0 radical (unpaired) electrons. The van der Waals surface area contributed by atoms with Crippen LogP contribution in [-0.4, -0.2) is 27.9 Å². The van der Waals surface area contributed by atoms with Gasteiger partial charge in [0.1, 0.15) is 11.0 Å². The molecule has 1 amide bonds. The largest absolute Gasteiger partial charge is 0.352 e. The van der Waals surface area contributed by atoms with Crippen molar-refractivity contribution in [3.8, 4) is 0 Å². The summed E-state index contributed by atoms with van der Waals surface area (Å²) in [6, 6.07) is 5.32. The highest BCUT2D eigenvalue weighted by atomic mass is 16.1. The Hall–Kier alpha value is -1.91. The lowest BCUT2D eigenvalue weighted by molar-refractivity contribution is 0.0953. The third-order valence-corrected chi connectivity index (χ3v) is 2.89. The quantitative estimate of drug-likeness (QED) is 0.768. The Kier molecular flexibility index (Phi) is 4.28. The van der Waals surface area contributed by atoms with Gasteiger partial charge in [-0.2, -0.15) is 15.4 Å². The van der Waals surface area contributed by atoms with E-state index in [4.69, 9.17) is 0 Å². The van der Waals surface area contributed by atoms with Gasteiger partial charge in [0.05, 0.1) is 0 Å². The van der Waals surface area contributed by atoms with Gasteiger partial charge in [-0.15, -0.1) is 0 Å². The molecule has 5 nitrogen and oxygen atoms in total. The smallest absolute Gasteiger partial charge is 0.251 e. The van der Waals surface area contributed by atoms with Crippen LogP contribution in [0.15, 0.2) is 18.2 Å². The standard InChI is InChI=1S/C13H18N4O/c1-2-3-4-5-8-14-13(18)10-6-7-11-12(9-10)16-17-15-11/h6-7,9H,2-5,8H2,1H3,(H,14,18)(H,15,16,17). The summed E-state index contributed by atoms with van der Waals surface area (Å²) in [5.41, 5.74) is 2.12. The van der Waals surface area contributed by atoms with Crippen molar-refractivity contribution < 1.29 is 4.79 Å². The van der Waals surface area contributed by atoms with Crippen molar-refractivity contribution in [1.29, 1.82) is 0 Å². The fourth-order valence-electron chi connectivity index (χ4n) is 1.84. The van der Waals surface area contributed by atoms with E-state index < -0.39 is 0 Å². The highest BCUT2D eigenvalue weighted by Gasteiger charge is 2.07. The summed E-state index contributed by atoms with van der Waals surface area (Å²) in [6.45, 7) is 2.90. The first kappa shape index (κ1) is 12.5. The second-order valence-corrected chi connectivity index (χ2v) is 4.34. The lowest BCUT2D eigenvalue weighted by atomic mass is 10.1. The molecule has 1 aromatic carbocycles. The maximum atomic E-state index is 11.9. The van der Waals surface area contributed by atoms with E-state index in [1.807, 2.05) is 0 Å². The predicted octanol–water partition coefficient (Wildman–Crippen LogP) is 2.27. The van der Waals surface area contributed by atoms with Gasteiger partial charge in [-0.05, 0) is 24.6 Å². The molecule has 0 aliphatic heterocycles. The number of carbonyl (C=O) groups is 1. The summed E-state index contributed by atoms with van der Waals surface area (Å²) in [5, 5.41) is 13.4. The molecule has 2 N–H and O–H groups in total. The van der Waals surface area contributed by atoms with Gasteiger partial charge in [0, 0.05) is 12.1 Å². The molecule has 1 aromatic heterocycles. The van der Waals surface area contributed by atoms with E-state index in [9.17, 15) is 4.79 Å². The van der Waals surface area contributed by atoms with Gasteiger partial charge in [0.2, 0.25) is 0 Å². The number of unbranched alkanes of at least 4 members (excludes halogenated alkanes) is 3. The van der Waals surface area contributed by atoms with Crippen molar-refractivity contribution in [2.24, 2.45) is 0 Å². The van der Waals surface area contributed by atoms with Crippen LogP contribution < -0.4 is 5.32 Å². The van der Waals surface area contributed by atoms with Crippen LogP contribution in [0, 0.1) is 0 Å². The van der Waals surface area contributed by atoms with E-state index >= 15 is 0 Å². The molecule has 18 heavy (non-hydrogen) atoms. The first-order chi connectivity index (χ1) is 8.81. The summed E-state index contributed by atoms with van der Waals surface area (Å²) in [7, 11) is 0. The molecule has 0 fully saturated rings. The number of nitrogens with one attached hydrogen (secondary N) is 2. The van der Waals surface area contributed by atoms with Crippen LogP contribution >= 0.6 is 0 Å². The second kappa shape index (κ2) is 6.14. The summed E-state index contributed by atoms with van der Waals surface area (Å²) in [4.78, 5) is 11.9. The monoisotopic (exact) mass is 246 g/mol. The minimum atomic E-state index is -0.0450. The van der Waals surface area contributed by atoms with E-state index in [-0.39, 0.29) is 5.91 Å². The molecule has 0 saturated heterocycles. The number of aromatic nitrogens is 3. The summed E-state index contributed by atoms with van der Waals surface area (Å²) >= 11 is 0. The molecule has 96 valence electrons. The number of fused-ring (bicyclic) bond motifs is 1. The van der Waals surface area contributed by atoms with Gasteiger partial charge in [0.25, 0.3) is 5.91 Å². The summed E-state index contributed by atoms with van der Waals surface area (Å²) in [5.74, 6) is -0.0450. The van der Waals surface area contributed by atoms with Gasteiger partial charge < -0.3 is 5.32 Å². The molecule has 5 heteroatoms. The molecule has 0 saturated carbocycles. The summed E-state index contributed by atoms with van der Waals surface area (Å²) < 4.78 is 0. The Morgan fingerprint density at radius 2 is 2.06 bits per heavy atom. The van der Waals surface area contributed by atoms with Crippen molar-refractivity contribution in [2.75, 3.05) is 6.54 Å². The molecule has 2 rings (SSSR count). The Morgan fingerprint density at radius 3 is 2.89 bits per heavy atom. The average molecular weight is 246 g/mol. The number of rotatable bonds is 6. The van der Waals surface area contributed by atoms with Gasteiger partial charge in [-0.3, -0.25) is 4.79 Å². The summed E-state index contributed by atoms with van der Waals surface area (Å²) in [6.07, 6.45) is 4.63. The second-order valence-electron chi connectivity index (χ2n) is 4.34. The zero-order chi connectivity index (χ0) is 12.8. The fraction of sp³-hybridized carbons (Fsp3) is 0.462. The first-order valence-electron chi connectivity index (χ1n) is 6.40. The third kappa shape index (κ3) is 3.06. The normalized spacial score (nSPS) is 10.7. The van der Waals surface area contributed by atoms with Crippen molar-refractivity contribution in [3.05, 3.63) is 23.8 Å². The van der Waals surface area contributed by atoms with Gasteiger partial charge in [-0.25, -0.2) is 0 Å². The van der Waals surface area contributed by atoms with E-state index in [1.54, 1.807) is 18.2 Å². The molecule has 0 aliphatic carbocycles. The molecule has 0 aliphatic rings. The number of aromatic amines is 1. The number of hydrogen-bond donors (Lipinski definition) is 2. The van der Waals surface area contributed by atoms with E-state index in [0.29, 0.717) is 11.1 Å². The molecule has 2 aromatic rings. The highest BCUT2D eigenvalue weighted by molar-refractivity contribution is 5.97. The Balaban J connectivity index is 1.88. The van der Waals surface area contributed by atoms with Crippen LogP contribution in [0.2, 0.25) is 0 Å². The molecule has 0 bridgehead atoms. The molecule has 0 atom stereocenters. The van der Waals surface area contributed by atoms with Gasteiger partial charge >= 0.3 is 0 Å². The lowest BCUT2D eigenvalue weighted by Gasteiger charge is -2.04. The maximum Gasteiger partial charge on any atom is 0.251 e. The minimum Gasteiger partial charge on any atom is -0.352 e. The Morgan fingerprint density at radius 1 is 1.22 bits per heavy atom. The zero-order valence-corrected chi connectivity index (χ0v) is 10.6. The Bertz CT molecular complexity index is 520. The molecular weight excluding hydrogens is 228 g/mol. The number of amides is 1. The van der Waals surface area contributed by atoms with E-state index in [1.165, 1.54) is 19.3 Å². The molecular formula is C13H18N4O. The van der Waals surface area contributed by atoms with Crippen LogP contribution in [0.3, 0.4) is 0 Å². The molecule has 1 heterocycles. The zero-order valence-electron chi connectivity index (χ0n) is 10.6. The van der Waals surface area contributed by atoms with Crippen LogP contribution in [-0.2, 0) is 0 Å². The number of benzene rings is 1. The number of H-pyrrole nitrogens is 1. The number of carbonyl (C=O) groups excluding carboxylic acids is 1. The molecule has 0 spiro atoms. The third-order valence-electron chi connectivity index (χ3n) is 2.89. The van der Waals surface area contributed by atoms with Gasteiger partial charge in [-0.1, -0.05) is 26.2 Å². The van der Waals surface area contributed by atoms with Crippen LogP contribution in [0.25, 0.3) is 11.0 Å². The van der Waals surface area contributed by atoms with Crippen LogP contribution in [0.1, 0.15) is 43.0 Å². The average Bonchev–Trinajstić information content (AvgIpc) is 2.85. The van der Waals surface area contributed by atoms with Crippen LogP contribution in [0.5, 0.6) is 0 Å². The van der Waals surface area contributed by atoms with E-state index in [0.717, 1.165) is 18.5 Å². The number of hydrogen-bond acceptors (Lipinski definition) is 3. The van der Waals surface area contributed by atoms with Crippen LogP contribution in [0.4, 0.5) is 0 Å². The Labute approximate surface area is 106 Å². The van der Waals surface area contributed by atoms with Crippen molar-refractivity contribution in [3.63, 3.8) is 0 Å². The SMILES string of the molecule is CCCCCCNC(=O)c1ccc2n[nH]nc2c1. The lowest BCUT2D eigenvalue weighted by Crippen LogP contribution is -2.24. The topological polar surface area (TPSA) is 70.7 Å². The van der Waals surface area contributed by atoms with Gasteiger partial charge in [0.15, 0.2) is 0 Å². The minimum absolute atomic E-state index is 0.0450. The number of nitrogens with zero attached hydrogens (tertiary/aromatic N) is 2. The fourth-order valence-corrected chi connectivity index (χ4v) is 1.84. The van der Waals surface area contributed by atoms with Crippen molar-refractivity contribution in [2.45, 2.75) is 32.6 Å². The van der Waals surface area contributed by atoms with Crippen molar-refractivity contribution >= 4 is 16.9 Å². The predicted molar refractivity (Wildman–Crippen MR) is 70.4 cm³/mol.